The molecule has 0 saturated heterocycles. The molecule has 0 fully saturated rings. The zero-order valence-corrected chi connectivity index (χ0v) is 10.2. The Balaban J connectivity index is 3.14. The summed E-state index contributed by atoms with van der Waals surface area (Å²) in [5.74, 6) is 1.46. The minimum Gasteiger partial charge on any atom is -0.495 e. The summed E-state index contributed by atoms with van der Waals surface area (Å²) in [6.45, 7) is 0. The second-order valence-electron chi connectivity index (χ2n) is 3.02. The van der Waals surface area contributed by atoms with Crippen LogP contribution in [0.4, 0.5) is 0 Å². The summed E-state index contributed by atoms with van der Waals surface area (Å²) >= 11 is 3.37. The lowest BCUT2D eigenvalue weighted by atomic mass is 10.1. The molecular weight excluding hydrogens is 260 g/mol. The number of rotatable bonds is 4. The van der Waals surface area contributed by atoms with Crippen molar-refractivity contribution in [2.45, 2.75) is 6.42 Å². The van der Waals surface area contributed by atoms with Gasteiger partial charge in [0.15, 0.2) is 0 Å². The van der Waals surface area contributed by atoms with Crippen LogP contribution in [0.15, 0.2) is 16.6 Å². The number of methoxy groups -OCH3 is 2. The maximum Gasteiger partial charge on any atom is 0.137 e. The molecule has 0 aliphatic heterocycles. The summed E-state index contributed by atoms with van der Waals surface area (Å²) in [6, 6.07) is 3.65. The summed E-state index contributed by atoms with van der Waals surface area (Å²) in [7, 11) is 3.16. The summed E-state index contributed by atoms with van der Waals surface area (Å²) in [5.41, 5.74) is 6.22. The molecule has 1 aromatic rings. The Morgan fingerprint density at radius 3 is 2.13 bits per heavy atom. The first-order valence-electron chi connectivity index (χ1n) is 4.31. The van der Waals surface area contributed by atoms with Gasteiger partial charge in [0.1, 0.15) is 16.0 Å². The Labute approximate surface area is 97.0 Å². The molecule has 0 unspecified atom stereocenters. The van der Waals surface area contributed by atoms with E-state index < -0.39 is 0 Å². The van der Waals surface area contributed by atoms with Gasteiger partial charge in [-0.3, -0.25) is 5.41 Å². The first-order chi connectivity index (χ1) is 7.08. The summed E-state index contributed by atoms with van der Waals surface area (Å²) in [6.07, 6.45) is 0.389. The molecule has 0 aliphatic rings. The van der Waals surface area contributed by atoms with Gasteiger partial charge in [-0.1, -0.05) is 0 Å². The van der Waals surface area contributed by atoms with E-state index in [0.717, 1.165) is 10.0 Å². The number of nitrogens with one attached hydrogen (secondary N) is 1. The highest BCUT2D eigenvalue weighted by molar-refractivity contribution is 9.10. The largest absolute Gasteiger partial charge is 0.495 e. The maximum absolute atomic E-state index is 7.23. The third kappa shape index (κ3) is 2.86. The minimum atomic E-state index is 0.112. The Bertz CT molecular complexity index is 355. The maximum atomic E-state index is 7.23. The van der Waals surface area contributed by atoms with E-state index in [9.17, 15) is 0 Å². The van der Waals surface area contributed by atoms with Gasteiger partial charge in [0.05, 0.1) is 20.1 Å². The van der Waals surface area contributed by atoms with Crippen molar-refractivity contribution >= 4 is 21.8 Å². The van der Waals surface area contributed by atoms with Crippen molar-refractivity contribution in [3.05, 3.63) is 22.2 Å². The van der Waals surface area contributed by atoms with E-state index in [1.807, 2.05) is 12.1 Å². The molecule has 1 aromatic carbocycles. The second kappa shape index (κ2) is 5.02. The average Bonchev–Trinajstić information content (AvgIpc) is 2.19. The van der Waals surface area contributed by atoms with E-state index in [0.29, 0.717) is 17.9 Å². The highest BCUT2D eigenvalue weighted by atomic mass is 79.9. The van der Waals surface area contributed by atoms with Gasteiger partial charge in [0.2, 0.25) is 0 Å². The third-order valence-corrected chi connectivity index (χ3v) is 2.68. The third-order valence-electron chi connectivity index (χ3n) is 1.90. The number of amidine groups is 1. The van der Waals surface area contributed by atoms with E-state index >= 15 is 0 Å². The molecule has 0 amide bonds. The lowest BCUT2D eigenvalue weighted by Gasteiger charge is -2.11. The smallest absolute Gasteiger partial charge is 0.137 e. The van der Waals surface area contributed by atoms with E-state index in [1.165, 1.54) is 0 Å². The van der Waals surface area contributed by atoms with E-state index in [4.69, 9.17) is 20.6 Å². The predicted octanol–water partition coefficient (Wildman–Crippen LogP) is 1.94. The highest BCUT2D eigenvalue weighted by Gasteiger charge is 2.10. The molecule has 0 spiro atoms. The van der Waals surface area contributed by atoms with E-state index in [-0.39, 0.29) is 5.84 Å². The SMILES string of the molecule is COc1cc(CC(=N)N)cc(OC)c1Br. The zero-order valence-electron chi connectivity index (χ0n) is 8.63. The monoisotopic (exact) mass is 272 g/mol. The van der Waals surface area contributed by atoms with Gasteiger partial charge in [0.25, 0.3) is 0 Å². The summed E-state index contributed by atoms with van der Waals surface area (Å²) in [4.78, 5) is 0. The van der Waals surface area contributed by atoms with Crippen molar-refractivity contribution in [2.24, 2.45) is 5.73 Å². The fourth-order valence-corrected chi connectivity index (χ4v) is 1.80. The van der Waals surface area contributed by atoms with Crippen LogP contribution in [-0.4, -0.2) is 20.1 Å². The molecule has 3 N–H and O–H groups in total. The normalized spacial score (nSPS) is 9.80. The van der Waals surface area contributed by atoms with Crippen LogP contribution >= 0.6 is 15.9 Å². The zero-order chi connectivity index (χ0) is 11.4. The van der Waals surface area contributed by atoms with Gasteiger partial charge in [-0.25, -0.2) is 0 Å². The molecule has 0 heterocycles. The Kier molecular flexibility index (Phi) is 3.96. The second-order valence-corrected chi connectivity index (χ2v) is 3.81. The van der Waals surface area contributed by atoms with Crippen LogP contribution in [0.3, 0.4) is 0 Å². The summed E-state index contributed by atoms with van der Waals surface area (Å²) < 4.78 is 11.1. The van der Waals surface area contributed by atoms with Crippen LogP contribution in [0.2, 0.25) is 0 Å². The summed E-state index contributed by atoms with van der Waals surface area (Å²) in [5, 5.41) is 7.23. The lowest BCUT2D eigenvalue weighted by molar-refractivity contribution is 0.389. The van der Waals surface area contributed by atoms with Gasteiger partial charge in [0, 0.05) is 6.42 Å². The van der Waals surface area contributed by atoms with Crippen molar-refractivity contribution in [3.8, 4) is 11.5 Å². The van der Waals surface area contributed by atoms with Gasteiger partial charge >= 0.3 is 0 Å². The molecule has 0 aliphatic carbocycles. The quantitative estimate of drug-likeness (QED) is 0.650. The Morgan fingerprint density at radius 1 is 1.33 bits per heavy atom. The molecule has 0 aromatic heterocycles. The molecule has 0 atom stereocenters. The van der Waals surface area contributed by atoms with Crippen LogP contribution in [0, 0.1) is 5.41 Å². The standard InChI is InChI=1S/C10H13BrN2O2/c1-14-7-3-6(5-9(12)13)4-8(15-2)10(7)11/h3-4H,5H2,1-2H3,(H3,12,13). The van der Waals surface area contributed by atoms with Crippen LogP contribution in [0.25, 0.3) is 0 Å². The number of hydrogen-bond acceptors (Lipinski definition) is 3. The topological polar surface area (TPSA) is 68.3 Å². The molecule has 1 rings (SSSR count). The fraction of sp³-hybridized carbons (Fsp3) is 0.300. The van der Waals surface area contributed by atoms with E-state index in [2.05, 4.69) is 15.9 Å². The van der Waals surface area contributed by atoms with Crippen molar-refractivity contribution in [3.63, 3.8) is 0 Å². The van der Waals surface area contributed by atoms with E-state index in [1.54, 1.807) is 14.2 Å². The van der Waals surface area contributed by atoms with Crippen molar-refractivity contribution in [1.82, 2.24) is 0 Å². The van der Waals surface area contributed by atoms with Crippen molar-refractivity contribution < 1.29 is 9.47 Å². The van der Waals surface area contributed by atoms with Crippen LogP contribution in [0.5, 0.6) is 11.5 Å². The molecule has 0 saturated carbocycles. The lowest BCUT2D eigenvalue weighted by Crippen LogP contribution is -2.12. The van der Waals surface area contributed by atoms with Gasteiger partial charge in [-0.2, -0.15) is 0 Å². The molecule has 4 nitrogen and oxygen atoms in total. The average molecular weight is 273 g/mol. The predicted molar refractivity (Wildman–Crippen MR) is 62.9 cm³/mol. The first-order valence-corrected chi connectivity index (χ1v) is 5.11. The molecular formula is C10H13BrN2O2. The molecule has 0 bridgehead atoms. The van der Waals surface area contributed by atoms with Crippen molar-refractivity contribution in [1.29, 1.82) is 5.41 Å². The first kappa shape index (κ1) is 11.8. The van der Waals surface area contributed by atoms with Gasteiger partial charge in [-0.15, -0.1) is 0 Å². The minimum absolute atomic E-state index is 0.112. The number of nitrogens with two attached hydrogens (primary N) is 1. The van der Waals surface area contributed by atoms with Gasteiger partial charge in [-0.05, 0) is 33.6 Å². The Hall–Kier alpha value is -1.23. The van der Waals surface area contributed by atoms with Crippen LogP contribution in [-0.2, 0) is 6.42 Å². The number of halogens is 1. The molecule has 0 radical (unpaired) electrons. The van der Waals surface area contributed by atoms with Crippen LogP contribution < -0.4 is 15.2 Å². The highest BCUT2D eigenvalue weighted by Crippen LogP contribution is 2.35. The molecule has 5 heteroatoms. The Morgan fingerprint density at radius 2 is 1.80 bits per heavy atom. The number of hydrogen-bond donors (Lipinski definition) is 2. The van der Waals surface area contributed by atoms with Gasteiger partial charge < -0.3 is 15.2 Å². The van der Waals surface area contributed by atoms with Crippen LogP contribution in [0.1, 0.15) is 5.56 Å². The molecule has 15 heavy (non-hydrogen) atoms. The fourth-order valence-electron chi connectivity index (χ4n) is 1.25. The molecule has 82 valence electrons. The number of ether oxygens (including phenoxy) is 2. The van der Waals surface area contributed by atoms with Crippen molar-refractivity contribution in [2.75, 3.05) is 14.2 Å². The number of benzene rings is 1.